The molecular weight excluding hydrogens is 396 g/mol. The SMILES string of the molecule is O=C(Nc1ccccc1N1CCC2(CCCNC2)CC1)c1csc(C2=NNCC2)n1. The Morgan fingerprint density at radius 1 is 1.17 bits per heavy atom. The summed E-state index contributed by atoms with van der Waals surface area (Å²) in [4.78, 5) is 19.8. The molecule has 3 aliphatic rings. The summed E-state index contributed by atoms with van der Waals surface area (Å²) in [6.45, 7) is 5.19. The van der Waals surface area contributed by atoms with Crippen LogP contribution in [0.2, 0.25) is 0 Å². The molecule has 0 bridgehead atoms. The largest absolute Gasteiger partial charge is 0.370 e. The van der Waals surface area contributed by atoms with Gasteiger partial charge in [-0.05, 0) is 49.8 Å². The van der Waals surface area contributed by atoms with E-state index in [9.17, 15) is 4.79 Å². The molecule has 0 unspecified atom stereocenters. The molecular formula is C22H28N6OS. The van der Waals surface area contributed by atoms with E-state index in [4.69, 9.17) is 0 Å². The molecule has 2 saturated heterocycles. The van der Waals surface area contributed by atoms with E-state index in [1.807, 2.05) is 23.6 Å². The minimum atomic E-state index is -0.165. The van der Waals surface area contributed by atoms with Crippen molar-refractivity contribution >= 4 is 34.3 Å². The highest BCUT2D eigenvalue weighted by atomic mass is 32.1. The van der Waals surface area contributed by atoms with Crippen LogP contribution < -0.4 is 21.0 Å². The van der Waals surface area contributed by atoms with Crippen molar-refractivity contribution < 1.29 is 4.79 Å². The van der Waals surface area contributed by atoms with E-state index in [1.165, 1.54) is 37.0 Å². The maximum atomic E-state index is 12.9. The number of thiazole rings is 1. The number of carbonyl (C=O) groups excluding carboxylic acids is 1. The van der Waals surface area contributed by atoms with Crippen LogP contribution in [0.25, 0.3) is 0 Å². The fourth-order valence-corrected chi connectivity index (χ4v) is 5.59. The summed E-state index contributed by atoms with van der Waals surface area (Å²) in [5.41, 5.74) is 6.76. The second kappa shape index (κ2) is 8.35. The molecule has 4 heterocycles. The third kappa shape index (κ3) is 3.94. The molecule has 0 saturated carbocycles. The van der Waals surface area contributed by atoms with E-state index in [2.05, 4.69) is 37.1 Å². The molecule has 1 amide bonds. The zero-order valence-electron chi connectivity index (χ0n) is 17.1. The van der Waals surface area contributed by atoms with E-state index in [1.54, 1.807) is 0 Å². The molecule has 30 heavy (non-hydrogen) atoms. The number of para-hydroxylation sites is 2. The fourth-order valence-electron chi connectivity index (χ4n) is 4.77. The van der Waals surface area contributed by atoms with Crippen LogP contribution in [0.1, 0.15) is 47.6 Å². The first-order chi connectivity index (χ1) is 14.7. The maximum Gasteiger partial charge on any atom is 0.275 e. The van der Waals surface area contributed by atoms with Gasteiger partial charge in [0, 0.05) is 38.0 Å². The second-order valence-electron chi connectivity index (χ2n) is 8.49. The Morgan fingerprint density at radius 3 is 2.80 bits per heavy atom. The average Bonchev–Trinajstić information content (AvgIpc) is 3.48. The van der Waals surface area contributed by atoms with Crippen molar-refractivity contribution in [1.29, 1.82) is 0 Å². The van der Waals surface area contributed by atoms with Crippen LogP contribution in [-0.4, -0.2) is 49.3 Å². The first kappa shape index (κ1) is 19.5. The van der Waals surface area contributed by atoms with Gasteiger partial charge in [0.2, 0.25) is 0 Å². The highest BCUT2D eigenvalue weighted by Crippen LogP contribution is 2.40. The molecule has 0 aliphatic carbocycles. The number of rotatable bonds is 4. The van der Waals surface area contributed by atoms with Gasteiger partial charge in [-0.3, -0.25) is 4.79 Å². The summed E-state index contributed by atoms with van der Waals surface area (Å²) in [7, 11) is 0. The number of nitrogens with zero attached hydrogens (tertiary/aromatic N) is 3. The van der Waals surface area contributed by atoms with Crippen molar-refractivity contribution in [2.45, 2.75) is 32.1 Å². The highest BCUT2D eigenvalue weighted by Gasteiger charge is 2.36. The number of hydrogen-bond donors (Lipinski definition) is 3. The molecule has 8 heteroatoms. The molecule has 3 aliphatic heterocycles. The van der Waals surface area contributed by atoms with Gasteiger partial charge in [-0.1, -0.05) is 12.1 Å². The normalized spacial score (nSPS) is 20.7. The Morgan fingerprint density at radius 2 is 2.03 bits per heavy atom. The first-order valence-corrected chi connectivity index (χ1v) is 11.7. The van der Waals surface area contributed by atoms with Crippen molar-refractivity contribution in [3.63, 3.8) is 0 Å². The lowest BCUT2D eigenvalue weighted by Crippen LogP contribution is -2.48. The summed E-state index contributed by atoms with van der Waals surface area (Å²) < 4.78 is 0. The number of benzene rings is 1. The predicted octanol–water partition coefficient (Wildman–Crippen LogP) is 3.06. The lowest BCUT2D eigenvalue weighted by atomic mass is 9.73. The molecule has 1 aromatic carbocycles. The van der Waals surface area contributed by atoms with Gasteiger partial charge < -0.3 is 21.0 Å². The van der Waals surface area contributed by atoms with Gasteiger partial charge in [-0.2, -0.15) is 5.10 Å². The fraction of sp³-hybridized carbons (Fsp3) is 0.500. The standard InChI is InChI=1S/C22H28N6OS/c29-20(18-14-30-21(26-18)17-6-11-24-27-17)25-16-4-1-2-5-19(16)28-12-8-22(9-13-28)7-3-10-23-15-22/h1-2,4-5,14,23-24H,3,6-13,15H2,(H,25,29). The maximum absolute atomic E-state index is 12.9. The molecule has 1 aromatic heterocycles. The molecule has 158 valence electrons. The molecule has 2 aromatic rings. The summed E-state index contributed by atoms with van der Waals surface area (Å²) in [6.07, 6.45) is 5.87. The van der Waals surface area contributed by atoms with E-state index < -0.39 is 0 Å². The first-order valence-electron chi connectivity index (χ1n) is 10.8. The van der Waals surface area contributed by atoms with Crippen molar-refractivity contribution in [3.8, 4) is 0 Å². The van der Waals surface area contributed by atoms with Crippen LogP contribution in [0, 0.1) is 5.41 Å². The predicted molar refractivity (Wildman–Crippen MR) is 122 cm³/mol. The lowest BCUT2D eigenvalue weighted by molar-refractivity contribution is 0.102. The van der Waals surface area contributed by atoms with Crippen LogP contribution in [-0.2, 0) is 0 Å². The van der Waals surface area contributed by atoms with Crippen LogP contribution in [0.5, 0.6) is 0 Å². The number of nitrogens with one attached hydrogen (secondary N) is 3. The van der Waals surface area contributed by atoms with E-state index in [0.29, 0.717) is 11.1 Å². The number of aromatic nitrogens is 1. The monoisotopic (exact) mass is 424 g/mol. The summed E-state index contributed by atoms with van der Waals surface area (Å²) >= 11 is 1.47. The smallest absolute Gasteiger partial charge is 0.275 e. The zero-order valence-corrected chi connectivity index (χ0v) is 17.9. The van der Waals surface area contributed by atoms with Crippen molar-refractivity contribution in [1.82, 2.24) is 15.7 Å². The van der Waals surface area contributed by atoms with E-state index >= 15 is 0 Å². The molecule has 3 N–H and O–H groups in total. The second-order valence-corrected chi connectivity index (χ2v) is 9.35. The van der Waals surface area contributed by atoms with Gasteiger partial charge in [0.15, 0.2) is 0 Å². The van der Waals surface area contributed by atoms with Gasteiger partial charge in [-0.15, -0.1) is 11.3 Å². The average molecular weight is 425 g/mol. The van der Waals surface area contributed by atoms with Crippen LogP contribution in [0.15, 0.2) is 34.7 Å². The Balaban J connectivity index is 1.28. The van der Waals surface area contributed by atoms with Crippen molar-refractivity contribution in [2.24, 2.45) is 10.5 Å². The van der Waals surface area contributed by atoms with E-state index in [0.717, 1.165) is 61.2 Å². The lowest BCUT2D eigenvalue weighted by Gasteiger charge is -2.45. The molecule has 2 fully saturated rings. The van der Waals surface area contributed by atoms with E-state index in [-0.39, 0.29) is 5.91 Å². The molecule has 5 rings (SSSR count). The van der Waals surface area contributed by atoms with Gasteiger partial charge in [0.25, 0.3) is 5.91 Å². The number of piperidine rings is 2. The highest BCUT2D eigenvalue weighted by molar-refractivity contribution is 7.12. The zero-order chi connectivity index (χ0) is 20.4. The molecule has 7 nitrogen and oxygen atoms in total. The summed E-state index contributed by atoms with van der Waals surface area (Å²) in [5, 5.41) is 13.6. The van der Waals surface area contributed by atoms with Gasteiger partial charge >= 0.3 is 0 Å². The molecule has 0 atom stereocenters. The number of amides is 1. The van der Waals surface area contributed by atoms with Crippen molar-refractivity contribution in [3.05, 3.63) is 40.3 Å². The minimum absolute atomic E-state index is 0.165. The van der Waals surface area contributed by atoms with Crippen LogP contribution in [0.3, 0.4) is 0 Å². The quantitative estimate of drug-likeness (QED) is 0.703. The Labute approximate surface area is 181 Å². The van der Waals surface area contributed by atoms with Gasteiger partial charge in [-0.25, -0.2) is 4.98 Å². The Bertz CT molecular complexity index is 939. The third-order valence-corrected chi connectivity index (χ3v) is 7.44. The third-order valence-electron chi connectivity index (χ3n) is 6.55. The summed E-state index contributed by atoms with van der Waals surface area (Å²) in [5.74, 6) is -0.165. The Kier molecular flexibility index (Phi) is 5.43. The topological polar surface area (TPSA) is 81.7 Å². The summed E-state index contributed by atoms with van der Waals surface area (Å²) in [6, 6.07) is 8.11. The number of carbonyl (C=O) groups is 1. The van der Waals surface area contributed by atoms with Crippen LogP contribution in [0.4, 0.5) is 11.4 Å². The Hall–Kier alpha value is -2.45. The molecule has 0 radical (unpaired) electrons. The number of hydrogen-bond acceptors (Lipinski definition) is 7. The number of anilines is 2. The molecule has 1 spiro atoms. The van der Waals surface area contributed by atoms with Gasteiger partial charge in [0.1, 0.15) is 10.7 Å². The minimum Gasteiger partial charge on any atom is -0.370 e. The van der Waals surface area contributed by atoms with Crippen LogP contribution >= 0.6 is 11.3 Å². The van der Waals surface area contributed by atoms with Crippen molar-refractivity contribution in [2.75, 3.05) is 42.9 Å². The number of hydrazone groups is 1. The van der Waals surface area contributed by atoms with Gasteiger partial charge in [0.05, 0.1) is 17.1 Å².